The number of hydrogen-bond donors (Lipinski definition) is 2. The number of carbonyl (C=O) groups is 2. The second kappa shape index (κ2) is 5.88. The molecule has 2 saturated heterocycles. The number of nitrogens with one attached hydrogen (secondary N) is 2. The van der Waals surface area contributed by atoms with E-state index in [-0.39, 0.29) is 17.7 Å². The highest BCUT2D eigenvalue weighted by Gasteiger charge is 2.65. The van der Waals surface area contributed by atoms with Crippen LogP contribution in [0.2, 0.25) is 0 Å². The van der Waals surface area contributed by atoms with Gasteiger partial charge in [0.15, 0.2) is 0 Å². The van der Waals surface area contributed by atoms with Crippen LogP contribution in [0.5, 0.6) is 0 Å². The highest BCUT2D eigenvalue weighted by atomic mass is 16.2. The predicted molar refractivity (Wildman–Crippen MR) is 92.5 cm³/mol. The molecule has 0 aromatic heterocycles. The summed E-state index contributed by atoms with van der Waals surface area (Å²) >= 11 is 0. The molecule has 1 aromatic carbocycles. The molecule has 3 aliphatic rings. The molecule has 2 amide bonds. The van der Waals surface area contributed by atoms with Crippen LogP contribution in [0.3, 0.4) is 0 Å². The summed E-state index contributed by atoms with van der Waals surface area (Å²) in [7, 11) is 0. The topological polar surface area (TPSA) is 61.4 Å². The standard InChI is InChI=1S/C19H25N3O2/c1-2-3-10-20-17(23)15-12-13-7-6-11-22(13)19(15)14-8-4-5-9-16(14)21-18(19)24/h4-5,8-9,13,15H,2-3,6-7,10-12H2,1H3,(H,20,23)(H,21,24). The Morgan fingerprint density at radius 2 is 2.25 bits per heavy atom. The molecule has 1 aromatic rings. The van der Waals surface area contributed by atoms with E-state index < -0.39 is 5.54 Å². The average Bonchev–Trinajstić information content (AvgIpc) is 3.23. The third kappa shape index (κ3) is 2.04. The van der Waals surface area contributed by atoms with Gasteiger partial charge in [0.25, 0.3) is 0 Å². The highest BCUT2D eigenvalue weighted by molar-refractivity contribution is 6.09. The van der Waals surface area contributed by atoms with E-state index in [2.05, 4.69) is 22.5 Å². The molecule has 0 bridgehead atoms. The fourth-order valence-electron chi connectivity index (χ4n) is 4.89. The van der Waals surface area contributed by atoms with Crippen LogP contribution in [0, 0.1) is 5.92 Å². The Labute approximate surface area is 142 Å². The Balaban J connectivity index is 1.74. The molecule has 3 unspecified atom stereocenters. The van der Waals surface area contributed by atoms with Gasteiger partial charge in [0, 0.05) is 23.8 Å². The number of unbranched alkanes of at least 4 members (excludes halogenated alkanes) is 1. The lowest BCUT2D eigenvalue weighted by Crippen LogP contribution is -2.54. The van der Waals surface area contributed by atoms with Gasteiger partial charge >= 0.3 is 0 Å². The summed E-state index contributed by atoms with van der Waals surface area (Å²) in [6, 6.07) is 8.20. The zero-order valence-corrected chi connectivity index (χ0v) is 14.2. The summed E-state index contributed by atoms with van der Waals surface area (Å²) in [5.74, 6) is -0.295. The second-order valence-corrected chi connectivity index (χ2v) is 7.19. The number of rotatable bonds is 4. The molecule has 1 spiro atoms. The van der Waals surface area contributed by atoms with E-state index in [0.717, 1.165) is 49.9 Å². The van der Waals surface area contributed by atoms with E-state index in [9.17, 15) is 9.59 Å². The molecule has 3 aliphatic heterocycles. The molecule has 2 N–H and O–H groups in total. The van der Waals surface area contributed by atoms with Crippen molar-refractivity contribution in [3.63, 3.8) is 0 Å². The van der Waals surface area contributed by atoms with E-state index in [1.165, 1.54) is 0 Å². The van der Waals surface area contributed by atoms with Gasteiger partial charge in [-0.3, -0.25) is 14.5 Å². The highest BCUT2D eigenvalue weighted by Crippen LogP contribution is 2.55. The van der Waals surface area contributed by atoms with Crippen molar-refractivity contribution in [3.05, 3.63) is 29.8 Å². The third-order valence-corrected chi connectivity index (χ3v) is 5.92. The van der Waals surface area contributed by atoms with E-state index >= 15 is 0 Å². The summed E-state index contributed by atoms with van der Waals surface area (Å²) < 4.78 is 0. The first-order chi connectivity index (χ1) is 11.7. The van der Waals surface area contributed by atoms with Gasteiger partial charge in [-0.15, -0.1) is 0 Å². The normalized spacial score (nSPS) is 31.1. The number of hydrogen-bond acceptors (Lipinski definition) is 3. The van der Waals surface area contributed by atoms with Crippen molar-refractivity contribution in [1.82, 2.24) is 10.2 Å². The minimum absolute atomic E-state index is 0.0243. The maximum Gasteiger partial charge on any atom is 0.250 e. The number of benzene rings is 1. The molecule has 0 saturated carbocycles. The molecule has 0 radical (unpaired) electrons. The fraction of sp³-hybridized carbons (Fsp3) is 0.579. The Morgan fingerprint density at radius 1 is 1.42 bits per heavy atom. The van der Waals surface area contributed by atoms with Crippen molar-refractivity contribution < 1.29 is 9.59 Å². The first kappa shape index (κ1) is 15.6. The average molecular weight is 327 g/mol. The molecule has 24 heavy (non-hydrogen) atoms. The summed E-state index contributed by atoms with van der Waals surface area (Å²) in [6.07, 6.45) is 4.98. The van der Waals surface area contributed by atoms with Gasteiger partial charge in [0.1, 0.15) is 5.54 Å². The van der Waals surface area contributed by atoms with Crippen LogP contribution in [0.25, 0.3) is 0 Å². The van der Waals surface area contributed by atoms with Crippen LogP contribution >= 0.6 is 0 Å². The van der Waals surface area contributed by atoms with Crippen molar-refractivity contribution in [2.45, 2.75) is 50.6 Å². The summed E-state index contributed by atoms with van der Waals surface area (Å²) in [4.78, 5) is 28.4. The first-order valence-electron chi connectivity index (χ1n) is 9.15. The molecule has 4 rings (SSSR count). The molecular weight excluding hydrogens is 302 g/mol. The smallest absolute Gasteiger partial charge is 0.250 e. The predicted octanol–water partition coefficient (Wildman–Crippen LogP) is 2.23. The van der Waals surface area contributed by atoms with E-state index in [1.54, 1.807) is 0 Å². The van der Waals surface area contributed by atoms with Gasteiger partial charge in [0.05, 0.1) is 5.92 Å². The van der Waals surface area contributed by atoms with Gasteiger partial charge in [-0.25, -0.2) is 0 Å². The Kier molecular flexibility index (Phi) is 3.83. The van der Waals surface area contributed by atoms with Crippen molar-refractivity contribution in [3.8, 4) is 0 Å². The van der Waals surface area contributed by atoms with Crippen LogP contribution < -0.4 is 10.6 Å². The van der Waals surface area contributed by atoms with E-state index in [1.807, 2.05) is 24.3 Å². The van der Waals surface area contributed by atoms with Gasteiger partial charge < -0.3 is 10.6 Å². The number of amides is 2. The zero-order chi connectivity index (χ0) is 16.7. The maximum absolute atomic E-state index is 13.1. The fourth-order valence-corrected chi connectivity index (χ4v) is 4.89. The Hall–Kier alpha value is -1.88. The molecule has 2 fully saturated rings. The summed E-state index contributed by atoms with van der Waals surface area (Å²) in [6.45, 7) is 3.70. The lowest BCUT2D eigenvalue weighted by molar-refractivity contribution is -0.137. The number of carbonyl (C=O) groups excluding carboxylic acids is 2. The number of para-hydroxylation sites is 1. The molecule has 5 heteroatoms. The molecule has 3 heterocycles. The first-order valence-corrected chi connectivity index (χ1v) is 9.15. The van der Waals surface area contributed by atoms with Crippen molar-refractivity contribution >= 4 is 17.5 Å². The number of nitrogens with zero attached hydrogens (tertiary/aromatic N) is 1. The SMILES string of the molecule is CCCCNC(=O)C1CC2CCCN2C12C(=O)Nc1ccccc12. The molecule has 5 nitrogen and oxygen atoms in total. The third-order valence-electron chi connectivity index (χ3n) is 5.92. The minimum Gasteiger partial charge on any atom is -0.356 e. The minimum atomic E-state index is -0.811. The van der Waals surface area contributed by atoms with Crippen LogP contribution in [0.4, 0.5) is 5.69 Å². The van der Waals surface area contributed by atoms with Crippen LogP contribution in [0.1, 0.15) is 44.6 Å². The largest absolute Gasteiger partial charge is 0.356 e. The van der Waals surface area contributed by atoms with Gasteiger partial charge in [0.2, 0.25) is 11.8 Å². The molecule has 3 atom stereocenters. The zero-order valence-electron chi connectivity index (χ0n) is 14.2. The van der Waals surface area contributed by atoms with Gasteiger partial charge in [-0.1, -0.05) is 31.5 Å². The monoisotopic (exact) mass is 327 g/mol. The van der Waals surface area contributed by atoms with Gasteiger partial charge in [-0.2, -0.15) is 0 Å². The van der Waals surface area contributed by atoms with Crippen LogP contribution in [0.15, 0.2) is 24.3 Å². The lowest BCUT2D eigenvalue weighted by atomic mass is 9.78. The summed E-state index contributed by atoms with van der Waals surface area (Å²) in [5, 5.41) is 6.11. The summed E-state index contributed by atoms with van der Waals surface area (Å²) in [5.41, 5.74) is 1.03. The van der Waals surface area contributed by atoms with Crippen molar-refractivity contribution in [2.24, 2.45) is 5.92 Å². The van der Waals surface area contributed by atoms with E-state index in [4.69, 9.17) is 0 Å². The maximum atomic E-state index is 13.1. The van der Waals surface area contributed by atoms with Crippen LogP contribution in [-0.2, 0) is 15.1 Å². The lowest BCUT2D eigenvalue weighted by Gasteiger charge is -2.36. The second-order valence-electron chi connectivity index (χ2n) is 7.19. The molecule has 0 aliphatic carbocycles. The van der Waals surface area contributed by atoms with E-state index in [0.29, 0.717) is 12.6 Å². The Morgan fingerprint density at radius 3 is 3.08 bits per heavy atom. The number of anilines is 1. The molecular formula is C19H25N3O2. The van der Waals surface area contributed by atoms with Gasteiger partial charge in [-0.05, 0) is 38.3 Å². The molecule has 128 valence electrons. The van der Waals surface area contributed by atoms with Crippen LogP contribution in [-0.4, -0.2) is 35.8 Å². The quantitative estimate of drug-likeness (QED) is 0.834. The number of fused-ring (bicyclic) bond motifs is 4. The Bertz CT molecular complexity index is 674. The van der Waals surface area contributed by atoms with Crippen molar-refractivity contribution in [1.29, 1.82) is 0 Å². The van der Waals surface area contributed by atoms with Crippen molar-refractivity contribution in [2.75, 3.05) is 18.4 Å².